The second kappa shape index (κ2) is 4.98. The molecule has 1 aliphatic rings. The number of cyclic esters (lactones) is 1. The summed E-state index contributed by atoms with van der Waals surface area (Å²) in [5.41, 5.74) is 0. The first-order valence-electron chi connectivity index (χ1n) is 5.00. The van der Waals surface area contributed by atoms with Gasteiger partial charge in [-0.3, -0.25) is 9.59 Å². The van der Waals surface area contributed by atoms with Gasteiger partial charge in [0.2, 0.25) is 0 Å². The third kappa shape index (κ3) is 3.01. The maximum absolute atomic E-state index is 11.0. The number of carbonyl (C=O) groups excluding carboxylic acids is 2. The van der Waals surface area contributed by atoms with Crippen LogP contribution in [0.15, 0.2) is 0 Å². The van der Waals surface area contributed by atoms with Gasteiger partial charge in [-0.2, -0.15) is 0 Å². The van der Waals surface area contributed by atoms with Crippen molar-refractivity contribution in [3.63, 3.8) is 0 Å². The second-order valence-corrected chi connectivity index (χ2v) is 3.57. The number of carbonyl (C=O) groups is 2. The molecule has 0 amide bonds. The van der Waals surface area contributed by atoms with Gasteiger partial charge in [0.05, 0.1) is 6.42 Å². The summed E-state index contributed by atoms with van der Waals surface area (Å²) in [6, 6.07) is 0. The summed E-state index contributed by atoms with van der Waals surface area (Å²) in [6.07, 6.45) is 2.70. The first-order chi connectivity index (χ1) is 6.63. The zero-order valence-corrected chi connectivity index (χ0v) is 8.62. The summed E-state index contributed by atoms with van der Waals surface area (Å²) >= 11 is 0. The molecule has 0 radical (unpaired) electrons. The van der Waals surface area contributed by atoms with Gasteiger partial charge in [-0.15, -0.1) is 0 Å². The predicted molar refractivity (Wildman–Crippen MR) is 49.3 cm³/mol. The highest BCUT2D eigenvalue weighted by Crippen LogP contribution is 2.27. The van der Waals surface area contributed by atoms with Crippen LogP contribution in [-0.2, 0) is 19.1 Å². The summed E-state index contributed by atoms with van der Waals surface area (Å²) in [5.74, 6) is -0.616. The van der Waals surface area contributed by atoms with Crippen LogP contribution in [0.25, 0.3) is 0 Å². The van der Waals surface area contributed by atoms with Crippen LogP contribution in [0.1, 0.15) is 39.5 Å². The van der Waals surface area contributed by atoms with Crippen molar-refractivity contribution in [2.24, 2.45) is 5.92 Å². The Bertz CT molecular complexity index is 224. The van der Waals surface area contributed by atoms with Crippen molar-refractivity contribution in [2.75, 3.05) is 0 Å². The van der Waals surface area contributed by atoms with Crippen molar-refractivity contribution in [2.45, 2.75) is 45.8 Å². The normalized spacial score (nSPS) is 26.0. The number of ether oxygens (including phenoxy) is 2. The monoisotopic (exact) mass is 200 g/mol. The maximum atomic E-state index is 11.0. The number of esters is 2. The Labute approximate surface area is 83.6 Å². The van der Waals surface area contributed by atoms with Crippen LogP contribution in [0.4, 0.5) is 0 Å². The van der Waals surface area contributed by atoms with E-state index < -0.39 is 12.3 Å². The fraction of sp³-hybridized carbons (Fsp3) is 0.800. The minimum absolute atomic E-state index is 0.0475. The maximum Gasteiger partial charge on any atom is 0.309 e. The molecule has 4 nitrogen and oxygen atoms in total. The molecule has 0 unspecified atom stereocenters. The van der Waals surface area contributed by atoms with Crippen molar-refractivity contribution in [1.82, 2.24) is 0 Å². The fourth-order valence-corrected chi connectivity index (χ4v) is 1.57. The van der Waals surface area contributed by atoms with Gasteiger partial charge in [0, 0.05) is 12.8 Å². The standard InChI is InChI=1S/C10H16O4/c1-3-4-5-8-6-9(12)14-10(8)13-7(2)11/h8,10H,3-6H2,1-2H3/t8-,10-/m0/s1. The van der Waals surface area contributed by atoms with Crippen molar-refractivity contribution in [3.8, 4) is 0 Å². The lowest BCUT2D eigenvalue weighted by molar-refractivity contribution is -0.179. The Morgan fingerprint density at radius 2 is 2.36 bits per heavy atom. The largest absolute Gasteiger partial charge is 0.425 e. The molecule has 1 saturated heterocycles. The molecule has 0 spiro atoms. The molecule has 1 rings (SSSR count). The topological polar surface area (TPSA) is 52.6 Å². The van der Waals surface area contributed by atoms with E-state index in [1.165, 1.54) is 6.92 Å². The molecule has 80 valence electrons. The van der Waals surface area contributed by atoms with E-state index in [4.69, 9.17) is 9.47 Å². The van der Waals surface area contributed by atoms with Gasteiger partial charge < -0.3 is 9.47 Å². The molecule has 0 saturated carbocycles. The Morgan fingerprint density at radius 1 is 1.64 bits per heavy atom. The van der Waals surface area contributed by atoms with E-state index >= 15 is 0 Å². The highest BCUT2D eigenvalue weighted by atomic mass is 16.7. The summed E-state index contributed by atoms with van der Waals surface area (Å²) < 4.78 is 9.81. The number of unbranched alkanes of at least 4 members (excludes halogenated alkanes) is 1. The lowest BCUT2D eigenvalue weighted by Crippen LogP contribution is -2.22. The van der Waals surface area contributed by atoms with Gasteiger partial charge >= 0.3 is 11.9 Å². The molecule has 1 fully saturated rings. The van der Waals surface area contributed by atoms with Gasteiger partial charge in [0.15, 0.2) is 0 Å². The Kier molecular flexibility index (Phi) is 3.92. The van der Waals surface area contributed by atoms with E-state index in [0.29, 0.717) is 6.42 Å². The molecule has 0 aromatic heterocycles. The fourth-order valence-electron chi connectivity index (χ4n) is 1.57. The molecule has 14 heavy (non-hydrogen) atoms. The molecule has 2 atom stereocenters. The van der Waals surface area contributed by atoms with E-state index in [-0.39, 0.29) is 11.9 Å². The van der Waals surface area contributed by atoms with Crippen molar-refractivity contribution in [3.05, 3.63) is 0 Å². The third-order valence-electron chi connectivity index (χ3n) is 2.27. The first-order valence-corrected chi connectivity index (χ1v) is 5.00. The Morgan fingerprint density at radius 3 is 2.93 bits per heavy atom. The van der Waals surface area contributed by atoms with Crippen LogP contribution in [0.2, 0.25) is 0 Å². The van der Waals surface area contributed by atoms with Crippen LogP contribution >= 0.6 is 0 Å². The van der Waals surface area contributed by atoms with Crippen LogP contribution in [-0.4, -0.2) is 18.2 Å². The summed E-state index contributed by atoms with van der Waals surface area (Å²) in [5, 5.41) is 0. The molecule has 1 aliphatic heterocycles. The lowest BCUT2D eigenvalue weighted by Gasteiger charge is -2.16. The Hall–Kier alpha value is -1.06. The number of hydrogen-bond acceptors (Lipinski definition) is 4. The van der Waals surface area contributed by atoms with Crippen LogP contribution in [0.3, 0.4) is 0 Å². The lowest BCUT2D eigenvalue weighted by atomic mass is 10.00. The molecule has 0 aromatic rings. The highest BCUT2D eigenvalue weighted by Gasteiger charge is 2.36. The molecule has 0 bridgehead atoms. The average molecular weight is 200 g/mol. The number of rotatable bonds is 4. The minimum atomic E-state index is -0.647. The second-order valence-electron chi connectivity index (χ2n) is 3.57. The zero-order valence-electron chi connectivity index (χ0n) is 8.62. The van der Waals surface area contributed by atoms with Crippen molar-refractivity contribution < 1.29 is 19.1 Å². The van der Waals surface area contributed by atoms with E-state index in [2.05, 4.69) is 6.92 Å². The molecule has 0 aromatic carbocycles. The molecular weight excluding hydrogens is 184 g/mol. The summed E-state index contributed by atoms with van der Waals surface area (Å²) in [4.78, 5) is 21.7. The predicted octanol–water partition coefficient (Wildman–Crippen LogP) is 1.63. The zero-order chi connectivity index (χ0) is 10.6. The van der Waals surface area contributed by atoms with Gasteiger partial charge in [-0.05, 0) is 6.42 Å². The summed E-state index contributed by atoms with van der Waals surface area (Å²) in [7, 11) is 0. The molecule has 0 N–H and O–H groups in total. The quantitative estimate of drug-likeness (QED) is 0.647. The van der Waals surface area contributed by atoms with E-state index in [9.17, 15) is 9.59 Å². The first kappa shape index (κ1) is 11.0. The highest BCUT2D eigenvalue weighted by molar-refractivity contribution is 5.73. The van der Waals surface area contributed by atoms with E-state index in [1.54, 1.807) is 0 Å². The molecule has 1 heterocycles. The number of hydrogen-bond donors (Lipinski definition) is 0. The minimum Gasteiger partial charge on any atom is -0.425 e. The average Bonchev–Trinajstić information content (AvgIpc) is 2.41. The molecule has 0 aliphatic carbocycles. The van der Waals surface area contributed by atoms with Crippen molar-refractivity contribution >= 4 is 11.9 Å². The Balaban J connectivity index is 2.44. The summed E-state index contributed by atoms with van der Waals surface area (Å²) in [6.45, 7) is 3.40. The van der Waals surface area contributed by atoms with Crippen molar-refractivity contribution in [1.29, 1.82) is 0 Å². The SMILES string of the molecule is CCCC[C@H]1CC(=O)O[C@@H]1OC(C)=O. The van der Waals surface area contributed by atoms with Gasteiger partial charge in [-0.1, -0.05) is 19.8 Å². The van der Waals surface area contributed by atoms with Gasteiger partial charge in [0.25, 0.3) is 6.29 Å². The van der Waals surface area contributed by atoms with Gasteiger partial charge in [-0.25, -0.2) is 0 Å². The van der Waals surface area contributed by atoms with E-state index in [1.807, 2.05) is 0 Å². The van der Waals surface area contributed by atoms with Gasteiger partial charge in [0.1, 0.15) is 0 Å². The van der Waals surface area contributed by atoms with Crippen LogP contribution < -0.4 is 0 Å². The molecule has 4 heteroatoms. The van der Waals surface area contributed by atoms with Crippen LogP contribution in [0, 0.1) is 5.92 Å². The van der Waals surface area contributed by atoms with E-state index in [0.717, 1.165) is 19.3 Å². The smallest absolute Gasteiger partial charge is 0.309 e. The molecular formula is C10H16O4. The van der Waals surface area contributed by atoms with Crippen LogP contribution in [0.5, 0.6) is 0 Å². The third-order valence-corrected chi connectivity index (χ3v) is 2.27.